The highest BCUT2D eigenvalue weighted by Crippen LogP contribution is 2.30. The summed E-state index contributed by atoms with van der Waals surface area (Å²) >= 11 is 11.5. The molecule has 10 heteroatoms. The van der Waals surface area contributed by atoms with E-state index >= 15 is 0 Å². The van der Waals surface area contributed by atoms with Crippen LogP contribution in [0.2, 0.25) is 10.0 Å². The van der Waals surface area contributed by atoms with E-state index < -0.39 is 21.5 Å². The van der Waals surface area contributed by atoms with Crippen LogP contribution in [0.15, 0.2) is 40.2 Å². The molecule has 144 valence electrons. The number of benzene rings is 1. The maximum absolute atomic E-state index is 12.4. The molecule has 1 aromatic carbocycles. The lowest BCUT2D eigenvalue weighted by molar-refractivity contribution is 0.0869. The monoisotopic (exact) mass is 429 g/mol. The molecule has 0 spiro atoms. The van der Waals surface area contributed by atoms with Crippen molar-refractivity contribution in [3.8, 4) is 0 Å². The number of sulfonamides is 1. The number of rotatable bonds is 7. The van der Waals surface area contributed by atoms with Crippen molar-refractivity contribution in [2.45, 2.75) is 37.1 Å². The Bertz CT molecular complexity index is 1040. The standard InChI is InChI=1S/C17H17Cl2N3O4S/c18-13-11-20-21(17(24)15(13)19)9-5-1-2-6-10-22-16(23)12-7-3-4-8-14(12)27(22,25)26/h3-4,7-8,11H,1-2,5-6,9-10H2. The van der Waals surface area contributed by atoms with E-state index in [1.54, 1.807) is 12.1 Å². The second kappa shape index (κ2) is 8.00. The van der Waals surface area contributed by atoms with Gasteiger partial charge >= 0.3 is 0 Å². The van der Waals surface area contributed by atoms with E-state index in [0.29, 0.717) is 25.8 Å². The van der Waals surface area contributed by atoms with Crippen molar-refractivity contribution < 1.29 is 13.2 Å². The number of hydrogen-bond acceptors (Lipinski definition) is 5. The van der Waals surface area contributed by atoms with Crippen LogP contribution in [-0.2, 0) is 16.6 Å². The number of nitrogens with zero attached hydrogens (tertiary/aromatic N) is 3. The third kappa shape index (κ3) is 3.88. The highest BCUT2D eigenvalue weighted by atomic mass is 35.5. The summed E-state index contributed by atoms with van der Waals surface area (Å²) in [5.74, 6) is -0.475. The predicted octanol–water partition coefficient (Wildman–Crippen LogP) is 2.96. The van der Waals surface area contributed by atoms with Crippen LogP contribution in [0.5, 0.6) is 0 Å². The maximum atomic E-state index is 12.4. The molecule has 1 aromatic heterocycles. The number of aromatic nitrogens is 2. The van der Waals surface area contributed by atoms with Gasteiger partial charge in [-0.1, -0.05) is 48.2 Å². The SMILES string of the molecule is O=C1c2ccccc2S(=O)(=O)N1CCCCCCn1ncc(Cl)c(Cl)c1=O. The van der Waals surface area contributed by atoms with Gasteiger partial charge in [0.05, 0.1) is 16.8 Å². The van der Waals surface area contributed by atoms with Crippen molar-refractivity contribution in [2.75, 3.05) is 6.54 Å². The third-order valence-electron chi connectivity index (χ3n) is 4.34. The minimum atomic E-state index is -3.74. The quantitative estimate of drug-likeness (QED) is 0.631. The molecular formula is C17H17Cl2N3O4S. The molecule has 0 atom stereocenters. The first-order valence-corrected chi connectivity index (χ1v) is 10.6. The molecule has 3 rings (SSSR count). The smallest absolute Gasteiger partial charge is 0.268 e. The van der Waals surface area contributed by atoms with E-state index in [1.807, 2.05) is 0 Å². The number of amides is 1. The zero-order valence-corrected chi connectivity index (χ0v) is 16.6. The van der Waals surface area contributed by atoms with Gasteiger partial charge in [0.15, 0.2) is 0 Å². The summed E-state index contributed by atoms with van der Waals surface area (Å²) in [6.45, 7) is 0.531. The lowest BCUT2D eigenvalue weighted by Gasteiger charge is -2.14. The van der Waals surface area contributed by atoms with E-state index in [0.717, 1.165) is 10.7 Å². The summed E-state index contributed by atoms with van der Waals surface area (Å²) in [5, 5.41) is 4.00. The van der Waals surface area contributed by atoms with Gasteiger partial charge in [0.2, 0.25) is 0 Å². The fourth-order valence-electron chi connectivity index (χ4n) is 2.93. The molecule has 2 aromatic rings. The van der Waals surface area contributed by atoms with Gasteiger partial charge < -0.3 is 0 Å². The minimum absolute atomic E-state index is 0.0519. The summed E-state index contributed by atoms with van der Waals surface area (Å²) in [6, 6.07) is 6.22. The minimum Gasteiger partial charge on any atom is -0.268 e. The number of carbonyl (C=O) groups is 1. The Morgan fingerprint density at radius 2 is 1.63 bits per heavy atom. The van der Waals surface area contributed by atoms with Crippen LogP contribution in [0.3, 0.4) is 0 Å². The molecular weight excluding hydrogens is 413 g/mol. The van der Waals surface area contributed by atoms with Gasteiger partial charge in [-0.15, -0.1) is 0 Å². The summed E-state index contributed by atoms with van der Waals surface area (Å²) in [6.07, 6.45) is 4.01. The second-order valence-corrected chi connectivity index (χ2v) is 8.74. The van der Waals surface area contributed by atoms with Gasteiger partial charge in [-0.3, -0.25) is 9.59 Å². The molecule has 0 saturated heterocycles. The van der Waals surface area contributed by atoms with Crippen molar-refractivity contribution in [3.05, 3.63) is 56.4 Å². The molecule has 7 nitrogen and oxygen atoms in total. The topological polar surface area (TPSA) is 89.3 Å². The molecule has 0 unspecified atom stereocenters. The molecule has 1 aliphatic heterocycles. The van der Waals surface area contributed by atoms with Gasteiger partial charge in [-0.05, 0) is 25.0 Å². The molecule has 27 heavy (non-hydrogen) atoms. The van der Waals surface area contributed by atoms with Crippen molar-refractivity contribution in [1.29, 1.82) is 0 Å². The van der Waals surface area contributed by atoms with Crippen molar-refractivity contribution in [1.82, 2.24) is 14.1 Å². The van der Waals surface area contributed by atoms with Crippen LogP contribution < -0.4 is 5.56 Å². The zero-order valence-electron chi connectivity index (χ0n) is 14.3. The van der Waals surface area contributed by atoms with Gasteiger partial charge in [-0.25, -0.2) is 17.4 Å². The molecule has 0 aliphatic carbocycles. The fourth-order valence-corrected chi connectivity index (χ4v) is 4.81. The van der Waals surface area contributed by atoms with Gasteiger partial charge in [-0.2, -0.15) is 5.10 Å². The van der Waals surface area contributed by atoms with Crippen LogP contribution in [0.4, 0.5) is 0 Å². The average Bonchev–Trinajstić information content (AvgIpc) is 2.85. The molecule has 0 saturated carbocycles. The molecule has 0 bridgehead atoms. The van der Waals surface area contributed by atoms with E-state index in [4.69, 9.17) is 23.2 Å². The zero-order chi connectivity index (χ0) is 19.6. The Morgan fingerprint density at radius 3 is 2.33 bits per heavy atom. The lowest BCUT2D eigenvalue weighted by atomic mass is 10.2. The fraction of sp³-hybridized carbons (Fsp3) is 0.353. The average molecular weight is 430 g/mol. The summed E-state index contributed by atoms with van der Waals surface area (Å²) in [4.78, 5) is 24.2. The lowest BCUT2D eigenvalue weighted by Crippen LogP contribution is -2.31. The van der Waals surface area contributed by atoms with Crippen LogP contribution in [0, 0.1) is 0 Å². The number of fused-ring (bicyclic) bond motifs is 1. The molecule has 0 radical (unpaired) electrons. The number of halogens is 2. The van der Waals surface area contributed by atoms with Crippen LogP contribution in [0.25, 0.3) is 0 Å². The van der Waals surface area contributed by atoms with E-state index in [2.05, 4.69) is 5.10 Å². The first kappa shape index (κ1) is 19.9. The summed E-state index contributed by atoms with van der Waals surface area (Å²) in [5.41, 5.74) is -0.210. The summed E-state index contributed by atoms with van der Waals surface area (Å²) in [7, 11) is -3.74. The summed E-state index contributed by atoms with van der Waals surface area (Å²) < 4.78 is 27.0. The Balaban J connectivity index is 1.48. The largest absolute Gasteiger partial charge is 0.287 e. The second-order valence-electron chi connectivity index (χ2n) is 6.13. The van der Waals surface area contributed by atoms with E-state index in [-0.39, 0.29) is 27.0 Å². The van der Waals surface area contributed by atoms with Crippen LogP contribution in [0.1, 0.15) is 36.0 Å². The van der Waals surface area contributed by atoms with Crippen molar-refractivity contribution in [3.63, 3.8) is 0 Å². The van der Waals surface area contributed by atoms with E-state index in [9.17, 15) is 18.0 Å². The number of aryl methyl sites for hydroxylation is 1. The Labute approximate surface area is 166 Å². The van der Waals surface area contributed by atoms with Crippen molar-refractivity contribution in [2.24, 2.45) is 0 Å². The highest BCUT2D eigenvalue weighted by molar-refractivity contribution is 7.90. The van der Waals surface area contributed by atoms with Gasteiger partial charge in [0, 0.05) is 13.1 Å². The van der Waals surface area contributed by atoms with Gasteiger partial charge in [0.1, 0.15) is 9.92 Å². The Morgan fingerprint density at radius 1 is 0.963 bits per heavy atom. The van der Waals surface area contributed by atoms with Crippen LogP contribution in [-0.4, -0.2) is 35.0 Å². The molecule has 2 heterocycles. The molecule has 1 amide bonds. The number of hydrogen-bond donors (Lipinski definition) is 0. The molecule has 1 aliphatic rings. The number of unbranched alkanes of at least 4 members (excludes halogenated alkanes) is 3. The Hall–Kier alpha value is -1.90. The molecule has 0 N–H and O–H groups in total. The van der Waals surface area contributed by atoms with Crippen LogP contribution >= 0.6 is 23.2 Å². The first-order chi connectivity index (χ1) is 12.8. The van der Waals surface area contributed by atoms with Gasteiger partial charge in [0.25, 0.3) is 21.5 Å². The maximum Gasteiger partial charge on any atom is 0.287 e. The Kier molecular flexibility index (Phi) is 5.88. The first-order valence-electron chi connectivity index (χ1n) is 8.41. The highest BCUT2D eigenvalue weighted by Gasteiger charge is 2.40. The molecule has 0 fully saturated rings. The van der Waals surface area contributed by atoms with Crippen molar-refractivity contribution >= 4 is 39.1 Å². The normalized spacial score (nSPS) is 15.2. The van der Waals surface area contributed by atoms with E-state index in [1.165, 1.54) is 23.0 Å². The number of carbonyl (C=O) groups excluding carboxylic acids is 1. The third-order valence-corrected chi connectivity index (χ3v) is 6.92. The predicted molar refractivity (Wildman–Crippen MR) is 102 cm³/mol.